The fraction of sp³-hybridized carbons (Fsp3) is 0.464. The molecule has 1 saturated heterocycles. The van der Waals surface area contributed by atoms with Crippen molar-refractivity contribution in [1.29, 1.82) is 0 Å². The summed E-state index contributed by atoms with van der Waals surface area (Å²) < 4.78 is 2.48. The number of rotatable bonds is 7. The third kappa shape index (κ3) is 5.50. The molecule has 0 spiro atoms. The van der Waals surface area contributed by atoms with Crippen molar-refractivity contribution in [2.45, 2.75) is 58.4 Å². The maximum absolute atomic E-state index is 13.5. The van der Waals surface area contributed by atoms with Crippen molar-refractivity contribution in [2.24, 2.45) is 5.92 Å². The van der Waals surface area contributed by atoms with Crippen LogP contribution in [0.2, 0.25) is 0 Å². The van der Waals surface area contributed by atoms with Gasteiger partial charge in [0, 0.05) is 19.6 Å². The van der Waals surface area contributed by atoms with Crippen LogP contribution in [0.5, 0.6) is 0 Å². The molecule has 0 bridgehead atoms. The minimum atomic E-state index is -0.0908. The monoisotopic (exact) mass is 490 g/mol. The third-order valence-electron chi connectivity index (χ3n) is 7.21. The summed E-state index contributed by atoms with van der Waals surface area (Å²) >= 11 is 1.44. The molecule has 2 aromatic heterocycles. The average Bonchev–Trinajstić information content (AvgIpc) is 3.37. The normalized spacial score (nSPS) is 18.5. The largest absolute Gasteiger partial charge is 0.355 e. The SMILES string of the molecule is Cc1ccc(Cn2c(N3CCC[C@@H](C(=O)NCCC4=CCCCC4)C3)nc3ccsc3c2=O)cc1. The van der Waals surface area contributed by atoms with Gasteiger partial charge in [0.05, 0.1) is 18.0 Å². The third-order valence-corrected chi connectivity index (χ3v) is 8.10. The molecule has 1 N–H and O–H groups in total. The van der Waals surface area contributed by atoms with Crippen molar-refractivity contribution in [3.63, 3.8) is 0 Å². The Balaban J connectivity index is 1.34. The highest BCUT2D eigenvalue weighted by Gasteiger charge is 2.28. The van der Waals surface area contributed by atoms with Gasteiger partial charge in [-0.2, -0.15) is 0 Å². The van der Waals surface area contributed by atoms with Crippen LogP contribution < -0.4 is 15.8 Å². The summed E-state index contributed by atoms with van der Waals surface area (Å²) in [4.78, 5) is 33.5. The predicted octanol–water partition coefficient (Wildman–Crippen LogP) is 5.04. The molecule has 3 heterocycles. The highest BCUT2D eigenvalue weighted by Crippen LogP contribution is 2.25. The summed E-state index contributed by atoms with van der Waals surface area (Å²) in [7, 11) is 0. The summed E-state index contributed by atoms with van der Waals surface area (Å²) in [5, 5.41) is 5.10. The number of piperidine rings is 1. The highest BCUT2D eigenvalue weighted by molar-refractivity contribution is 7.17. The number of aryl methyl sites for hydroxylation is 1. The highest BCUT2D eigenvalue weighted by atomic mass is 32.1. The minimum Gasteiger partial charge on any atom is -0.355 e. The number of aromatic nitrogens is 2. The van der Waals surface area contributed by atoms with E-state index in [2.05, 4.69) is 47.5 Å². The van der Waals surface area contributed by atoms with Crippen molar-refractivity contribution in [3.05, 3.63) is 68.8 Å². The molecule has 1 aliphatic carbocycles. The molecule has 6 nitrogen and oxygen atoms in total. The van der Waals surface area contributed by atoms with Crippen molar-refractivity contribution < 1.29 is 4.79 Å². The first-order valence-corrected chi connectivity index (χ1v) is 13.7. The maximum Gasteiger partial charge on any atom is 0.273 e. The van der Waals surface area contributed by atoms with Gasteiger partial charge in [-0.15, -0.1) is 11.3 Å². The zero-order chi connectivity index (χ0) is 24.2. The smallest absolute Gasteiger partial charge is 0.273 e. The molecule has 0 radical (unpaired) electrons. The first-order valence-electron chi connectivity index (χ1n) is 12.8. The van der Waals surface area contributed by atoms with Gasteiger partial charge >= 0.3 is 0 Å². The van der Waals surface area contributed by atoms with Crippen LogP contribution in [-0.2, 0) is 11.3 Å². The van der Waals surface area contributed by atoms with E-state index in [-0.39, 0.29) is 17.4 Å². The molecule has 2 aliphatic rings. The molecule has 184 valence electrons. The molecule has 1 atom stereocenters. The number of allylic oxidation sites excluding steroid dienone is 1. The molecular weight excluding hydrogens is 456 g/mol. The summed E-state index contributed by atoms with van der Waals surface area (Å²) in [5.74, 6) is 0.702. The Morgan fingerprint density at radius 3 is 2.83 bits per heavy atom. The molecule has 0 saturated carbocycles. The lowest BCUT2D eigenvalue weighted by molar-refractivity contribution is -0.125. The van der Waals surface area contributed by atoms with Crippen LogP contribution in [0, 0.1) is 12.8 Å². The number of hydrogen-bond acceptors (Lipinski definition) is 5. The van der Waals surface area contributed by atoms with Crippen LogP contribution in [0.25, 0.3) is 10.2 Å². The second-order valence-corrected chi connectivity index (χ2v) is 10.8. The van der Waals surface area contributed by atoms with E-state index < -0.39 is 0 Å². The topological polar surface area (TPSA) is 67.2 Å². The van der Waals surface area contributed by atoms with Crippen LogP contribution in [0.3, 0.4) is 0 Å². The number of benzene rings is 1. The van der Waals surface area contributed by atoms with E-state index in [1.807, 2.05) is 11.4 Å². The standard InChI is InChI=1S/C28H34N4O2S/c1-20-9-11-22(12-10-20)18-32-27(34)25-24(14-17-35-25)30-28(32)31-16-5-8-23(19-31)26(33)29-15-13-21-6-3-2-4-7-21/h6,9-12,14,17,23H,2-5,7-8,13,15-16,18-19H2,1H3,(H,29,33)/t23-/m1/s1. The van der Waals surface area contributed by atoms with Crippen LogP contribution in [0.15, 0.2) is 52.2 Å². The lowest BCUT2D eigenvalue weighted by Gasteiger charge is -2.34. The quantitative estimate of drug-likeness (QED) is 0.471. The van der Waals surface area contributed by atoms with Crippen molar-refractivity contribution in [2.75, 3.05) is 24.5 Å². The second kappa shape index (κ2) is 10.8. The van der Waals surface area contributed by atoms with Gasteiger partial charge in [-0.3, -0.25) is 14.2 Å². The van der Waals surface area contributed by atoms with E-state index in [4.69, 9.17) is 4.98 Å². The minimum absolute atomic E-state index is 0.00657. The Labute approximate surface area is 210 Å². The van der Waals surface area contributed by atoms with Crippen LogP contribution in [-0.4, -0.2) is 35.1 Å². The van der Waals surface area contributed by atoms with E-state index >= 15 is 0 Å². The molecule has 1 aromatic carbocycles. The zero-order valence-electron chi connectivity index (χ0n) is 20.5. The molecule has 5 rings (SSSR count). The zero-order valence-corrected chi connectivity index (χ0v) is 21.3. The van der Waals surface area contributed by atoms with Crippen molar-refractivity contribution >= 4 is 33.4 Å². The lowest BCUT2D eigenvalue weighted by Crippen LogP contribution is -2.45. The fourth-order valence-electron chi connectivity index (χ4n) is 5.19. The lowest BCUT2D eigenvalue weighted by atomic mass is 9.96. The predicted molar refractivity (Wildman–Crippen MR) is 143 cm³/mol. The van der Waals surface area contributed by atoms with Gasteiger partial charge in [0.15, 0.2) is 0 Å². The number of amides is 1. The molecular formula is C28H34N4O2S. The van der Waals surface area contributed by atoms with E-state index in [9.17, 15) is 9.59 Å². The van der Waals surface area contributed by atoms with Crippen LogP contribution >= 0.6 is 11.3 Å². The number of thiophene rings is 1. The number of carbonyl (C=O) groups excluding carboxylic acids is 1. The summed E-state index contributed by atoms with van der Waals surface area (Å²) in [6.45, 7) is 4.62. The molecule has 7 heteroatoms. The van der Waals surface area contributed by atoms with Gasteiger partial charge in [0.1, 0.15) is 4.70 Å². The van der Waals surface area contributed by atoms with E-state index in [1.165, 1.54) is 48.2 Å². The van der Waals surface area contributed by atoms with Gasteiger partial charge in [0.2, 0.25) is 11.9 Å². The van der Waals surface area contributed by atoms with Crippen LogP contribution in [0.1, 0.15) is 56.1 Å². The Morgan fingerprint density at radius 2 is 2.03 bits per heavy atom. The second-order valence-electron chi connectivity index (χ2n) is 9.86. The average molecular weight is 491 g/mol. The Hall–Kier alpha value is -2.93. The summed E-state index contributed by atoms with van der Waals surface area (Å²) in [6, 6.07) is 10.2. The number of nitrogens with one attached hydrogen (secondary N) is 1. The van der Waals surface area contributed by atoms with Gasteiger partial charge in [-0.25, -0.2) is 4.98 Å². The van der Waals surface area contributed by atoms with Crippen LogP contribution in [0.4, 0.5) is 5.95 Å². The van der Waals surface area contributed by atoms with Crippen molar-refractivity contribution in [1.82, 2.24) is 14.9 Å². The number of fused-ring (bicyclic) bond motifs is 1. The number of nitrogens with zero attached hydrogens (tertiary/aromatic N) is 3. The first-order chi connectivity index (χ1) is 17.1. The van der Waals surface area contributed by atoms with E-state index in [0.717, 1.165) is 36.9 Å². The molecule has 0 unspecified atom stereocenters. The fourth-order valence-corrected chi connectivity index (χ4v) is 5.97. The summed E-state index contributed by atoms with van der Waals surface area (Å²) in [6.07, 6.45) is 9.97. The number of hydrogen-bond donors (Lipinski definition) is 1. The molecule has 3 aromatic rings. The van der Waals surface area contributed by atoms with E-state index in [1.54, 1.807) is 4.57 Å². The van der Waals surface area contributed by atoms with Gasteiger partial charge in [-0.05, 0) is 68.9 Å². The van der Waals surface area contributed by atoms with Crippen molar-refractivity contribution in [3.8, 4) is 0 Å². The van der Waals surface area contributed by atoms with Gasteiger partial charge < -0.3 is 10.2 Å². The molecule has 1 aliphatic heterocycles. The molecule has 35 heavy (non-hydrogen) atoms. The first kappa shape index (κ1) is 23.8. The molecule has 1 amide bonds. The maximum atomic E-state index is 13.5. The number of anilines is 1. The summed E-state index contributed by atoms with van der Waals surface area (Å²) in [5.41, 5.74) is 4.48. The molecule has 1 fully saturated rings. The Kier molecular flexibility index (Phi) is 7.32. The van der Waals surface area contributed by atoms with Gasteiger partial charge in [0.25, 0.3) is 5.56 Å². The Bertz CT molecular complexity index is 1270. The van der Waals surface area contributed by atoms with E-state index in [0.29, 0.717) is 30.3 Å². The van der Waals surface area contributed by atoms with Gasteiger partial charge in [-0.1, -0.05) is 41.5 Å². The Morgan fingerprint density at radius 1 is 1.17 bits per heavy atom. The number of carbonyl (C=O) groups is 1.